The lowest BCUT2D eigenvalue weighted by Crippen LogP contribution is -2.22. The first-order chi connectivity index (χ1) is 8.43. The molecule has 100 valence electrons. The molecule has 2 nitrogen and oxygen atoms in total. The van der Waals surface area contributed by atoms with Crippen molar-refractivity contribution in [1.82, 2.24) is 0 Å². The van der Waals surface area contributed by atoms with Crippen LogP contribution >= 0.6 is 31.9 Å². The molecule has 0 saturated carbocycles. The minimum Gasteiger partial charge on any atom is -0.488 e. The van der Waals surface area contributed by atoms with Crippen LogP contribution in [0.3, 0.4) is 0 Å². The molecule has 0 radical (unpaired) electrons. The summed E-state index contributed by atoms with van der Waals surface area (Å²) < 4.78 is 7.69. The van der Waals surface area contributed by atoms with Gasteiger partial charge in [-0.25, -0.2) is 0 Å². The van der Waals surface area contributed by atoms with Gasteiger partial charge in [0.15, 0.2) is 0 Å². The second-order valence-electron chi connectivity index (χ2n) is 4.39. The largest absolute Gasteiger partial charge is 0.488 e. The first-order valence-corrected chi connectivity index (χ1v) is 7.53. The first-order valence-electron chi connectivity index (χ1n) is 5.94. The van der Waals surface area contributed by atoms with Gasteiger partial charge in [0.05, 0.1) is 0 Å². The molecule has 1 unspecified atom stereocenters. The van der Waals surface area contributed by atoms with Crippen LogP contribution in [0, 0.1) is 6.92 Å². The van der Waals surface area contributed by atoms with Gasteiger partial charge in [-0.05, 0) is 43.0 Å². The molecule has 0 aromatic heterocycles. The molecule has 0 fully saturated rings. The van der Waals surface area contributed by atoms with E-state index >= 15 is 0 Å². The summed E-state index contributed by atoms with van der Waals surface area (Å²) in [6.45, 7) is 8.38. The van der Waals surface area contributed by atoms with Crippen LogP contribution in [0.25, 0.3) is 0 Å². The van der Waals surface area contributed by atoms with Crippen molar-refractivity contribution in [3.05, 3.63) is 38.8 Å². The molecule has 1 aromatic carbocycles. The summed E-state index contributed by atoms with van der Waals surface area (Å²) in [7, 11) is 0. The zero-order valence-electron chi connectivity index (χ0n) is 10.8. The fourth-order valence-electron chi connectivity index (χ4n) is 1.73. The van der Waals surface area contributed by atoms with Crippen molar-refractivity contribution in [2.75, 3.05) is 6.61 Å². The lowest BCUT2D eigenvalue weighted by molar-refractivity contribution is 0.353. The smallest absolute Gasteiger partial charge is 0.126 e. The van der Waals surface area contributed by atoms with Gasteiger partial charge in [0.1, 0.15) is 12.4 Å². The number of hydrogen-bond donors (Lipinski definition) is 1. The van der Waals surface area contributed by atoms with E-state index in [1.54, 1.807) is 0 Å². The number of benzene rings is 1. The molecule has 18 heavy (non-hydrogen) atoms. The quantitative estimate of drug-likeness (QED) is 0.802. The number of halogens is 2. The van der Waals surface area contributed by atoms with E-state index in [4.69, 9.17) is 10.5 Å². The number of hydrogen-bond acceptors (Lipinski definition) is 2. The third-order valence-electron chi connectivity index (χ3n) is 2.70. The fraction of sp³-hybridized carbons (Fsp3) is 0.429. The average Bonchev–Trinajstić information content (AvgIpc) is 2.27. The summed E-state index contributed by atoms with van der Waals surface area (Å²) >= 11 is 6.82. The molecular weight excluding hydrogens is 358 g/mol. The van der Waals surface area contributed by atoms with E-state index in [2.05, 4.69) is 51.4 Å². The zero-order valence-corrected chi connectivity index (χ0v) is 14.0. The van der Waals surface area contributed by atoms with Gasteiger partial charge in [0, 0.05) is 15.0 Å². The molecule has 0 aliphatic heterocycles. The molecule has 0 heterocycles. The number of ether oxygens (including phenoxy) is 1. The van der Waals surface area contributed by atoms with Crippen molar-refractivity contribution in [3.63, 3.8) is 0 Å². The monoisotopic (exact) mass is 375 g/mol. The Morgan fingerprint density at radius 3 is 2.72 bits per heavy atom. The van der Waals surface area contributed by atoms with Crippen LogP contribution in [-0.4, -0.2) is 12.6 Å². The van der Waals surface area contributed by atoms with Gasteiger partial charge in [-0.3, -0.25) is 0 Å². The van der Waals surface area contributed by atoms with E-state index in [1.807, 2.05) is 13.0 Å². The Morgan fingerprint density at radius 1 is 1.50 bits per heavy atom. The highest BCUT2D eigenvalue weighted by Gasteiger charge is 2.12. The Morgan fingerprint density at radius 2 is 2.17 bits per heavy atom. The van der Waals surface area contributed by atoms with E-state index in [0.717, 1.165) is 38.7 Å². The van der Waals surface area contributed by atoms with Crippen molar-refractivity contribution in [1.29, 1.82) is 0 Å². The van der Waals surface area contributed by atoms with Crippen molar-refractivity contribution in [2.24, 2.45) is 5.73 Å². The second-order valence-corrected chi connectivity index (χ2v) is 6.43. The predicted octanol–water partition coefficient (Wildman–Crippen LogP) is 4.32. The first kappa shape index (κ1) is 15.7. The molecular formula is C14H19Br2NO. The van der Waals surface area contributed by atoms with Gasteiger partial charge in [-0.1, -0.05) is 45.4 Å². The maximum atomic E-state index is 6.03. The van der Waals surface area contributed by atoms with E-state index in [-0.39, 0.29) is 6.04 Å². The number of rotatable bonds is 6. The molecule has 0 spiro atoms. The van der Waals surface area contributed by atoms with Crippen molar-refractivity contribution < 1.29 is 4.74 Å². The molecule has 1 rings (SSSR count). The molecule has 0 aliphatic carbocycles. The molecule has 2 N–H and O–H groups in total. The molecule has 0 saturated heterocycles. The Kier molecular flexibility index (Phi) is 6.39. The normalized spacial score (nSPS) is 12.3. The van der Waals surface area contributed by atoms with Gasteiger partial charge in [-0.15, -0.1) is 0 Å². The summed E-state index contributed by atoms with van der Waals surface area (Å²) in [5, 5.41) is 0. The predicted molar refractivity (Wildman–Crippen MR) is 84.4 cm³/mol. The summed E-state index contributed by atoms with van der Waals surface area (Å²) in [4.78, 5) is 0. The maximum Gasteiger partial charge on any atom is 0.126 e. The SMILES string of the molecule is C=C(Br)COc1c(C)cc(Br)cc1CC(N)CC. The highest BCUT2D eigenvalue weighted by Crippen LogP contribution is 2.29. The van der Waals surface area contributed by atoms with Gasteiger partial charge >= 0.3 is 0 Å². The third kappa shape index (κ3) is 4.75. The Hall–Kier alpha value is -0.320. The second kappa shape index (κ2) is 7.31. The lowest BCUT2D eigenvalue weighted by atomic mass is 10.0. The topological polar surface area (TPSA) is 35.2 Å². The van der Waals surface area contributed by atoms with Gasteiger partial charge in [0.2, 0.25) is 0 Å². The molecule has 0 aliphatic rings. The minimum atomic E-state index is 0.160. The van der Waals surface area contributed by atoms with Crippen LogP contribution in [0.2, 0.25) is 0 Å². The summed E-state index contributed by atoms with van der Waals surface area (Å²) in [6, 6.07) is 4.29. The lowest BCUT2D eigenvalue weighted by Gasteiger charge is -2.17. The van der Waals surface area contributed by atoms with Crippen molar-refractivity contribution >= 4 is 31.9 Å². The standard InChI is InChI=1S/C14H19Br2NO/c1-4-13(17)7-11-6-12(16)5-9(2)14(11)18-8-10(3)15/h5-6,13H,3-4,7-8,17H2,1-2H3. The van der Waals surface area contributed by atoms with Crippen molar-refractivity contribution in [3.8, 4) is 5.75 Å². The molecule has 1 aromatic rings. The Balaban J connectivity index is 3.00. The van der Waals surface area contributed by atoms with Gasteiger partial charge in [-0.2, -0.15) is 0 Å². The van der Waals surface area contributed by atoms with Crippen LogP contribution in [0.4, 0.5) is 0 Å². The molecule has 1 atom stereocenters. The zero-order chi connectivity index (χ0) is 13.7. The van der Waals surface area contributed by atoms with Crippen LogP contribution < -0.4 is 10.5 Å². The van der Waals surface area contributed by atoms with Crippen molar-refractivity contribution in [2.45, 2.75) is 32.7 Å². The average molecular weight is 377 g/mol. The highest BCUT2D eigenvalue weighted by atomic mass is 79.9. The van der Waals surface area contributed by atoms with E-state index < -0.39 is 0 Å². The summed E-state index contributed by atoms with van der Waals surface area (Å²) in [6.07, 6.45) is 1.77. The number of aryl methyl sites for hydroxylation is 1. The van der Waals surface area contributed by atoms with E-state index in [0.29, 0.717) is 6.61 Å². The highest BCUT2D eigenvalue weighted by molar-refractivity contribution is 9.11. The Bertz CT molecular complexity index is 432. The summed E-state index contributed by atoms with van der Waals surface area (Å²) in [5.74, 6) is 0.919. The molecule has 0 amide bonds. The van der Waals surface area contributed by atoms with Gasteiger partial charge < -0.3 is 10.5 Å². The van der Waals surface area contributed by atoms with Crippen LogP contribution in [0.1, 0.15) is 24.5 Å². The summed E-state index contributed by atoms with van der Waals surface area (Å²) in [5.41, 5.74) is 8.28. The fourth-order valence-corrected chi connectivity index (χ4v) is 2.47. The Labute approximate surface area is 126 Å². The van der Waals surface area contributed by atoms with E-state index in [1.165, 1.54) is 0 Å². The van der Waals surface area contributed by atoms with E-state index in [9.17, 15) is 0 Å². The van der Waals surface area contributed by atoms with Gasteiger partial charge in [0.25, 0.3) is 0 Å². The van der Waals surface area contributed by atoms with Crippen LogP contribution in [-0.2, 0) is 6.42 Å². The third-order valence-corrected chi connectivity index (χ3v) is 3.38. The van der Waals surface area contributed by atoms with Crippen LogP contribution in [0.15, 0.2) is 27.7 Å². The minimum absolute atomic E-state index is 0.160. The number of nitrogens with two attached hydrogens (primary N) is 1. The maximum absolute atomic E-state index is 6.03. The molecule has 0 bridgehead atoms. The molecule has 4 heteroatoms. The van der Waals surface area contributed by atoms with Crippen LogP contribution in [0.5, 0.6) is 5.75 Å².